The van der Waals surface area contributed by atoms with Crippen molar-refractivity contribution in [3.05, 3.63) is 38.9 Å². The van der Waals surface area contributed by atoms with E-state index < -0.39 is 45.0 Å². The van der Waals surface area contributed by atoms with Crippen LogP contribution >= 0.6 is 15.9 Å². The van der Waals surface area contributed by atoms with E-state index in [0.717, 1.165) is 0 Å². The minimum atomic E-state index is -5.35. The predicted molar refractivity (Wildman–Crippen MR) is 55.7 cm³/mol. The lowest BCUT2D eigenvalue weighted by molar-refractivity contribution is -0.385. The summed E-state index contributed by atoms with van der Waals surface area (Å²) in [5.41, 5.74) is -6.05. The second-order valence-electron chi connectivity index (χ2n) is 3.37. The molecule has 1 rings (SSSR count). The van der Waals surface area contributed by atoms with Crippen molar-refractivity contribution in [3.8, 4) is 0 Å². The molecule has 0 aliphatic carbocycles. The molecule has 0 saturated heterocycles. The Kier molecular flexibility index (Phi) is 4.13. The Morgan fingerprint density at radius 1 is 1.11 bits per heavy atom. The molecule has 0 aliphatic heterocycles. The average Bonchev–Trinajstić information content (AvgIpc) is 2.24. The van der Waals surface area contributed by atoms with Gasteiger partial charge in [0.1, 0.15) is 0 Å². The number of nitro groups is 1. The van der Waals surface area contributed by atoms with Gasteiger partial charge in [0.15, 0.2) is 0 Å². The standard InChI is InChI=1S/C9H4BrF6NO2/c10-3-4-6(17(18)19)2-1-5(8(11,12)13)7(4)9(14,15)16/h1-2H,3H2. The molecule has 0 spiro atoms. The lowest BCUT2D eigenvalue weighted by Gasteiger charge is -2.18. The summed E-state index contributed by atoms with van der Waals surface area (Å²) in [7, 11) is 0. The number of nitrogens with zero attached hydrogens (tertiary/aromatic N) is 1. The van der Waals surface area contributed by atoms with Gasteiger partial charge in [-0.15, -0.1) is 0 Å². The van der Waals surface area contributed by atoms with Gasteiger partial charge in [0.2, 0.25) is 0 Å². The van der Waals surface area contributed by atoms with E-state index in [1.54, 1.807) is 0 Å². The Balaban J connectivity index is 3.76. The zero-order valence-corrected chi connectivity index (χ0v) is 10.4. The molecule has 0 atom stereocenters. The summed E-state index contributed by atoms with van der Waals surface area (Å²) in [6.45, 7) is 0. The van der Waals surface area contributed by atoms with Gasteiger partial charge in [0.05, 0.1) is 21.6 Å². The van der Waals surface area contributed by atoms with Crippen molar-refractivity contribution in [2.75, 3.05) is 0 Å². The minimum Gasteiger partial charge on any atom is -0.258 e. The number of alkyl halides is 7. The number of hydrogen-bond donors (Lipinski definition) is 0. The molecule has 0 aliphatic rings. The summed E-state index contributed by atoms with van der Waals surface area (Å²) in [6.07, 6.45) is -10.6. The molecule has 0 amide bonds. The lowest BCUT2D eigenvalue weighted by Crippen LogP contribution is -2.19. The Morgan fingerprint density at radius 3 is 1.95 bits per heavy atom. The van der Waals surface area contributed by atoms with Crippen molar-refractivity contribution in [2.24, 2.45) is 0 Å². The van der Waals surface area contributed by atoms with Crippen LogP contribution in [0.25, 0.3) is 0 Å². The number of nitro benzene ring substituents is 1. The topological polar surface area (TPSA) is 43.1 Å². The Morgan fingerprint density at radius 2 is 1.63 bits per heavy atom. The molecular formula is C9H4BrF6NO2. The first-order chi connectivity index (χ1) is 8.50. The normalized spacial score (nSPS) is 12.6. The van der Waals surface area contributed by atoms with Gasteiger partial charge in [-0.3, -0.25) is 10.1 Å². The number of rotatable bonds is 2. The maximum Gasteiger partial charge on any atom is 0.417 e. The molecule has 106 valence electrons. The van der Waals surface area contributed by atoms with Gasteiger partial charge in [-0.25, -0.2) is 0 Å². The number of halogens is 7. The molecule has 0 radical (unpaired) electrons. The lowest BCUT2D eigenvalue weighted by atomic mass is 9.99. The van der Waals surface area contributed by atoms with Crippen LogP contribution in [0.5, 0.6) is 0 Å². The van der Waals surface area contributed by atoms with Crippen molar-refractivity contribution in [3.63, 3.8) is 0 Å². The van der Waals surface area contributed by atoms with Crippen LogP contribution in [0, 0.1) is 10.1 Å². The third-order valence-corrected chi connectivity index (χ3v) is 2.77. The molecule has 0 heterocycles. The van der Waals surface area contributed by atoms with E-state index in [2.05, 4.69) is 15.9 Å². The van der Waals surface area contributed by atoms with Crippen LogP contribution in [0.3, 0.4) is 0 Å². The van der Waals surface area contributed by atoms with Crippen molar-refractivity contribution >= 4 is 21.6 Å². The first-order valence-corrected chi connectivity index (χ1v) is 5.63. The zero-order chi connectivity index (χ0) is 15.0. The van der Waals surface area contributed by atoms with Gasteiger partial charge < -0.3 is 0 Å². The fraction of sp³-hybridized carbons (Fsp3) is 0.333. The molecule has 1 aromatic carbocycles. The van der Waals surface area contributed by atoms with E-state index in [1.165, 1.54) is 0 Å². The van der Waals surface area contributed by atoms with Crippen LogP contribution in [0.2, 0.25) is 0 Å². The SMILES string of the molecule is O=[N+]([O-])c1ccc(C(F)(F)F)c(C(F)(F)F)c1CBr. The smallest absolute Gasteiger partial charge is 0.258 e. The zero-order valence-electron chi connectivity index (χ0n) is 8.77. The maximum absolute atomic E-state index is 12.7. The van der Waals surface area contributed by atoms with E-state index in [0.29, 0.717) is 6.07 Å². The van der Waals surface area contributed by atoms with Crippen molar-refractivity contribution < 1.29 is 31.3 Å². The van der Waals surface area contributed by atoms with E-state index >= 15 is 0 Å². The quantitative estimate of drug-likeness (QED) is 0.340. The highest BCUT2D eigenvalue weighted by molar-refractivity contribution is 9.08. The molecule has 19 heavy (non-hydrogen) atoms. The molecule has 1 aromatic rings. The molecule has 0 saturated carbocycles. The summed E-state index contributed by atoms with van der Waals surface area (Å²) in [4.78, 5) is 9.40. The van der Waals surface area contributed by atoms with Crippen LogP contribution < -0.4 is 0 Å². The largest absolute Gasteiger partial charge is 0.417 e. The third kappa shape index (κ3) is 3.17. The maximum atomic E-state index is 12.7. The summed E-state index contributed by atoms with van der Waals surface area (Å²) < 4.78 is 75.8. The molecular weight excluding hydrogens is 348 g/mol. The highest BCUT2D eigenvalue weighted by Gasteiger charge is 2.46. The van der Waals surface area contributed by atoms with Crippen LogP contribution in [-0.4, -0.2) is 4.92 Å². The Hall–Kier alpha value is -1.32. The molecule has 10 heteroatoms. The van der Waals surface area contributed by atoms with Gasteiger partial charge >= 0.3 is 12.4 Å². The summed E-state index contributed by atoms with van der Waals surface area (Å²) in [5, 5.41) is 9.84. The van der Waals surface area contributed by atoms with Crippen LogP contribution in [0.1, 0.15) is 16.7 Å². The van der Waals surface area contributed by atoms with E-state index in [4.69, 9.17) is 0 Å². The fourth-order valence-corrected chi connectivity index (χ4v) is 2.07. The van der Waals surface area contributed by atoms with Gasteiger partial charge in [-0.2, -0.15) is 26.3 Å². The minimum absolute atomic E-state index is 0.0626. The van der Waals surface area contributed by atoms with Crippen LogP contribution in [0.15, 0.2) is 12.1 Å². The van der Waals surface area contributed by atoms with E-state index in [1.807, 2.05) is 0 Å². The Bertz CT molecular complexity index is 511. The monoisotopic (exact) mass is 351 g/mol. The van der Waals surface area contributed by atoms with Crippen molar-refractivity contribution in [1.82, 2.24) is 0 Å². The van der Waals surface area contributed by atoms with Gasteiger partial charge in [0.25, 0.3) is 5.69 Å². The number of hydrogen-bond acceptors (Lipinski definition) is 2. The van der Waals surface area contributed by atoms with Crippen LogP contribution in [0.4, 0.5) is 32.0 Å². The average molecular weight is 352 g/mol. The van der Waals surface area contributed by atoms with Gasteiger partial charge in [-0.05, 0) is 6.07 Å². The van der Waals surface area contributed by atoms with Gasteiger partial charge in [-0.1, -0.05) is 15.9 Å². The first kappa shape index (κ1) is 15.7. The van der Waals surface area contributed by atoms with Crippen molar-refractivity contribution in [1.29, 1.82) is 0 Å². The molecule has 0 fully saturated rings. The highest BCUT2D eigenvalue weighted by Crippen LogP contribution is 2.45. The number of benzene rings is 1. The molecule has 0 N–H and O–H groups in total. The fourth-order valence-electron chi connectivity index (χ4n) is 1.50. The molecule has 0 aromatic heterocycles. The van der Waals surface area contributed by atoms with E-state index in [9.17, 15) is 36.5 Å². The summed E-state index contributed by atoms with van der Waals surface area (Å²) >= 11 is 2.55. The third-order valence-electron chi connectivity index (χ3n) is 2.21. The Labute approximate surface area is 110 Å². The first-order valence-electron chi connectivity index (χ1n) is 4.50. The summed E-state index contributed by atoms with van der Waals surface area (Å²) in [5.74, 6) is 0. The molecule has 0 unspecified atom stereocenters. The molecule has 0 bridgehead atoms. The van der Waals surface area contributed by atoms with E-state index in [-0.39, 0.29) is 6.07 Å². The van der Waals surface area contributed by atoms with Gasteiger partial charge in [0, 0.05) is 11.4 Å². The summed E-state index contributed by atoms with van der Waals surface area (Å²) in [6, 6.07) is 0.474. The van der Waals surface area contributed by atoms with Crippen molar-refractivity contribution in [2.45, 2.75) is 17.7 Å². The van der Waals surface area contributed by atoms with Crippen LogP contribution in [-0.2, 0) is 17.7 Å². The second kappa shape index (κ2) is 4.99. The highest BCUT2D eigenvalue weighted by atomic mass is 79.9. The predicted octanol–water partition coefficient (Wildman–Crippen LogP) is 4.53. The molecule has 3 nitrogen and oxygen atoms in total. The second-order valence-corrected chi connectivity index (χ2v) is 3.93.